The van der Waals surface area contributed by atoms with E-state index in [-0.39, 0.29) is 17.5 Å². The molecule has 1 amide bonds. The molecule has 0 aliphatic carbocycles. The number of fused-ring (bicyclic) bond motifs is 6. The summed E-state index contributed by atoms with van der Waals surface area (Å²) in [4.78, 5) is 49.4. The lowest BCUT2D eigenvalue weighted by atomic mass is 9.63. The lowest BCUT2D eigenvalue weighted by Crippen LogP contribution is -2.51. The molecule has 0 radical (unpaired) electrons. The number of benzene rings is 2. The van der Waals surface area contributed by atoms with Gasteiger partial charge < -0.3 is 10.2 Å². The molecule has 6 heteroatoms. The number of amides is 1. The normalized spacial score (nSPS) is 25.7. The third kappa shape index (κ3) is 3.11. The second-order valence-electron chi connectivity index (χ2n) is 11.2. The van der Waals surface area contributed by atoms with Crippen molar-refractivity contribution in [2.24, 2.45) is 11.3 Å². The van der Waals surface area contributed by atoms with Gasteiger partial charge in [0.15, 0.2) is 11.6 Å². The quantitative estimate of drug-likeness (QED) is 0.518. The molecule has 1 aromatic heterocycles. The van der Waals surface area contributed by atoms with Crippen LogP contribution in [0, 0.1) is 11.3 Å². The Morgan fingerprint density at radius 3 is 2.46 bits per heavy atom. The molecule has 3 aliphatic heterocycles. The second-order valence-corrected chi connectivity index (χ2v) is 11.2. The number of hydrogen-bond donors (Lipinski definition) is 1. The minimum atomic E-state index is -1.29. The first-order valence-electron chi connectivity index (χ1n) is 12.6. The molecule has 1 saturated heterocycles. The van der Waals surface area contributed by atoms with Gasteiger partial charge in [0.05, 0.1) is 12.0 Å². The number of hydrogen-bond acceptors (Lipinski definition) is 5. The average Bonchev–Trinajstić information content (AvgIpc) is 3.36. The molecule has 3 aromatic rings. The van der Waals surface area contributed by atoms with E-state index in [2.05, 4.69) is 21.3 Å². The summed E-state index contributed by atoms with van der Waals surface area (Å²) in [6.07, 6.45) is 5.21. The molecule has 0 saturated carbocycles. The number of carbonyl (C=O) groups excluding carboxylic acids is 3. The highest BCUT2D eigenvalue weighted by Crippen LogP contribution is 2.59. The van der Waals surface area contributed by atoms with Crippen LogP contribution in [-0.2, 0) is 15.0 Å². The number of carbonyl (C=O) groups is 3. The van der Waals surface area contributed by atoms with Crippen molar-refractivity contribution < 1.29 is 14.4 Å². The summed E-state index contributed by atoms with van der Waals surface area (Å²) in [5.74, 6) is -1.53. The molecule has 37 heavy (non-hydrogen) atoms. The van der Waals surface area contributed by atoms with Crippen molar-refractivity contribution in [3.05, 3.63) is 95.8 Å². The predicted octanol–water partition coefficient (Wildman–Crippen LogP) is 5.06. The Bertz CT molecular complexity index is 1490. The van der Waals surface area contributed by atoms with Gasteiger partial charge in [-0.1, -0.05) is 63.2 Å². The number of pyridine rings is 1. The number of allylic oxidation sites excluding steroid dienone is 1. The van der Waals surface area contributed by atoms with Gasteiger partial charge in [-0.2, -0.15) is 0 Å². The molecule has 1 fully saturated rings. The van der Waals surface area contributed by atoms with Crippen LogP contribution >= 0.6 is 0 Å². The first-order valence-corrected chi connectivity index (χ1v) is 12.6. The van der Waals surface area contributed by atoms with E-state index < -0.39 is 28.8 Å². The zero-order chi connectivity index (χ0) is 26.1. The Balaban J connectivity index is 1.71. The van der Waals surface area contributed by atoms with Crippen LogP contribution in [0.2, 0.25) is 0 Å². The number of nitrogens with one attached hydrogen (secondary N) is 1. The summed E-state index contributed by atoms with van der Waals surface area (Å²) in [7, 11) is 0. The van der Waals surface area contributed by atoms with Gasteiger partial charge in [-0.05, 0) is 42.3 Å². The predicted molar refractivity (Wildman–Crippen MR) is 143 cm³/mol. The van der Waals surface area contributed by atoms with Gasteiger partial charge in [0.2, 0.25) is 5.91 Å². The molecule has 186 valence electrons. The average molecular weight is 492 g/mol. The standard InChI is InChI=1S/C31H29N3O3/c1-18-16-24-31(21-12-6-7-13-22(21)33-29(31)37)25(27(35)19-10-9-15-32-17-19)26(28(36)30(2,3)4)34(24)23-14-8-5-11-20(18)23/h5-17,24-26H,1-4H3,(H,33,37)/t24-,25-,26-,31+/m0/s1. The lowest BCUT2D eigenvalue weighted by molar-refractivity contribution is -0.128. The Labute approximate surface area is 216 Å². The van der Waals surface area contributed by atoms with Crippen molar-refractivity contribution in [2.75, 3.05) is 10.2 Å². The maximum atomic E-state index is 14.5. The van der Waals surface area contributed by atoms with Crippen molar-refractivity contribution in [2.45, 2.75) is 45.2 Å². The van der Waals surface area contributed by atoms with Gasteiger partial charge in [0.25, 0.3) is 0 Å². The van der Waals surface area contributed by atoms with Crippen molar-refractivity contribution in [3.8, 4) is 0 Å². The molecular formula is C31H29N3O3. The van der Waals surface area contributed by atoms with E-state index in [4.69, 9.17) is 0 Å². The maximum absolute atomic E-state index is 14.5. The summed E-state index contributed by atoms with van der Waals surface area (Å²) in [5.41, 5.74) is 2.69. The summed E-state index contributed by atoms with van der Waals surface area (Å²) in [6, 6.07) is 17.5. The number of nitrogens with zero attached hydrogens (tertiary/aromatic N) is 2. The van der Waals surface area contributed by atoms with Crippen LogP contribution < -0.4 is 10.2 Å². The number of anilines is 2. The van der Waals surface area contributed by atoms with Gasteiger partial charge >= 0.3 is 0 Å². The Hall–Kier alpha value is -4.06. The van der Waals surface area contributed by atoms with Crippen molar-refractivity contribution >= 4 is 34.4 Å². The molecule has 6 rings (SSSR count). The first kappa shape index (κ1) is 23.3. The van der Waals surface area contributed by atoms with Crippen LogP contribution in [-0.4, -0.2) is 34.5 Å². The Morgan fingerprint density at radius 1 is 1.00 bits per heavy atom. The van der Waals surface area contributed by atoms with E-state index in [9.17, 15) is 14.4 Å². The summed E-state index contributed by atoms with van der Waals surface area (Å²) < 4.78 is 0. The van der Waals surface area contributed by atoms with Gasteiger partial charge in [0.1, 0.15) is 11.5 Å². The van der Waals surface area contributed by atoms with Crippen LogP contribution in [0.15, 0.2) is 79.1 Å². The molecule has 3 aliphatic rings. The zero-order valence-corrected chi connectivity index (χ0v) is 21.4. The summed E-state index contributed by atoms with van der Waals surface area (Å²) >= 11 is 0. The highest BCUT2D eigenvalue weighted by Gasteiger charge is 2.71. The van der Waals surface area contributed by atoms with Gasteiger partial charge in [-0.3, -0.25) is 19.4 Å². The Morgan fingerprint density at radius 2 is 1.73 bits per heavy atom. The monoisotopic (exact) mass is 491 g/mol. The van der Waals surface area contributed by atoms with Crippen LogP contribution in [0.4, 0.5) is 11.4 Å². The second kappa shape index (κ2) is 7.97. The zero-order valence-electron chi connectivity index (χ0n) is 21.4. The molecule has 0 bridgehead atoms. The first-order chi connectivity index (χ1) is 17.7. The van der Waals surface area contributed by atoms with Crippen molar-refractivity contribution in [3.63, 3.8) is 0 Å². The van der Waals surface area contributed by atoms with Gasteiger partial charge in [-0.25, -0.2) is 0 Å². The minimum absolute atomic E-state index is 0.0726. The Kier molecular flexibility index (Phi) is 5.03. The maximum Gasteiger partial charge on any atom is 0.238 e. The summed E-state index contributed by atoms with van der Waals surface area (Å²) in [5, 5.41) is 3.06. The third-order valence-corrected chi connectivity index (χ3v) is 8.12. The highest BCUT2D eigenvalue weighted by atomic mass is 16.2. The molecule has 0 unspecified atom stereocenters. The number of rotatable bonds is 3. The fourth-order valence-corrected chi connectivity index (χ4v) is 6.52. The fraction of sp³-hybridized carbons (Fsp3) is 0.290. The molecule has 4 heterocycles. The molecule has 1 spiro atoms. The number of para-hydroxylation sites is 2. The van der Waals surface area contributed by atoms with Crippen molar-refractivity contribution in [1.82, 2.24) is 4.98 Å². The molecule has 1 N–H and O–H groups in total. The van der Waals surface area contributed by atoms with E-state index in [0.717, 1.165) is 22.4 Å². The molecule has 4 atom stereocenters. The topological polar surface area (TPSA) is 79.4 Å². The van der Waals surface area contributed by atoms with Gasteiger partial charge in [0, 0.05) is 40.3 Å². The molecule has 2 aromatic carbocycles. The number of ketones is 2. The number of Topliss-reactive ketones (excluding diaryl/α,β-unsaturated/α-hetero) is 2. The van der Waals surface area contributed by atoms with Crippen molar-refractivity contribution in [1.29, 1.82) is 0 Å². The number of aromatic nitrogens is 1. The SMILES string of the molecule is CC1=C[C@@H]2N(c3ccccc31)[C@H](C(=O)C(C)(C)C)[C@@H](C(=O)c1cccnc1)[C@]21C(=O)Nc2ccccc21. The van der Waals surface area contributed by atoms with Crippen LogP contribution in [0.5, 0.6) is 0 Å². The third-order valence-electron chi connectivity index (χ3n) is 8.12. The largest absolute Gasteiger partial charge is 0.352 e. The van der Waals surface area contributed by atoms with Crippen LogP contribution in [0.25, 0.3) is 5.57 Å². The van der Waals surface area contributed by atoms with E-state index in [0.29, 0.717) is 11.3 Å². The fourth-order valence-electron chi connectivity index (χ4n) is 6.52. The van der Waals surface area contributed by atoms with Crippen LogP contribution in [0.1, 0.15) is 49.2 Å². The van der Waals surface area contributed by atoms with E-state index in [1.54, 1.807) is 18.3 Å². The molecular weight excluding hydrogens is 462 g/mol. The van der Waals surface area contributed by atoms with E-state index in [1.807, 2.05) is 76.2 Å². The smallest absolute Gasteiger partial charge is 0.238 e. The molecule has 6 nitrogen and oxygen atoms in total. The lowest BCUT2D eigenvalue weighted by Gasteiger charge is -2.39. The van der Waals surface area contributed by atoms with E-state index >= 15 is 0 Å². The highest BCUT2D eigenvalue weighted by molar-refractivity contribution is 6.17. The van der Waals surface area contributed by atoms with E-state index in [1.165, 1.54) is 6.20 Å². The minimum Gasteiger partial charge on any atom is -0.352 e. The summed E-state index contributed by atoms with van der Waals surface area (Å²) in [6.45, 7) is 7.65. The van der Waals surface area contributed by atoms with Crippen LogP contribution in [0.3, 0.4) is 0 Å². The van der Waals surface area contributed by atoms with Gasteiger partial charge in [-0.15, -0.1) is 0 Å².